The van der Waals surface area contributed by atoms with Gasteiger partial charge in [0.2, 0.25) is 5.91 Å². The number of carbonyl (C=O) groups excluding carboxylic acids is 1. The van der Waals surface area contributed by atoms with Crippen molar-refractivity contribution >= 4 is 11.6 Å². The molecule has 0 radical (unpaired) electrons. The Morgan fingerprint density at radius 3 is 2.85 bits per heavy atom. The van der Waals surface area contributed by atoms with Gasteiger partial charge in [-0.1, -0.05) is 29.4 Å². The monoisotopic (exact) mass is 349 g/mol. The topological polar surface area (TPSA) is 68.5 Å². The van der Waals surface area contributed by atoms with E-state index in [1.54, 1.807) is 12.0 Å². The van der Waals surface area contributed by atoms with Gasteiger partial charge in [-0.25, -0.2) is 0 Å². The smallest absolute Gasteiger partial charge is 0.261 e. The number of hydrogen-bond donors (Lipinski definition) is 0. The summed E-state index contributed by atoms with van der Waals surface area (Å²) in [5, 5.41) is 4.11. The van der Waals surface area contributed by atoms with Crippen molar-refractivity contribution in [2.75, 3.05) is 18.6 Å². The molecule has 2 heterocycles. The Kier molecular flexibility index (Phi) is 4.16. The van der Waals surface area contributed by atoms with Crippen LogP contribution in [0.1, 0.15) is 23.7 Å². The lowest BCUT2D eigenvalue weighted by molar-refractivity contribution is -0.117. The number of nitrogens with zero attached hydrogens (tertiary/aromatic N) is 3. The number of ether oxygens (including phenoxy) is 1. The molecule has 1 aliphatic rings. The number of methoxy groups -OCH3 is 1. The molecule has 0 spiro atoms. The summed E-state index contributed by atoms with van der Waals surface area (Å²) >= 11 is 0. The van der Waals surface area contributed by atoms with Crippen LogP contribution in [-0.4, -0.2) is 29.7 Å². The third-order valence-corrected chi connectivity index (χ3v) is 4.58. The molecule has 1 amide bonds. The summed E-state index contributed by atoms with van der Waals surface area (Å²) in [5.74, 6) is 1.61. The molecule has 26 heavy (non-hydrogen) atoms. The summed E-state index contributed by atoms with van der Waals surface area (Å²) in [5.41, 5.74) is 2.77. The van der Waals surface area contributed by atoms with Crippen LogP contribution in [0, 0.1) is 6.92 Å². The zero-order valence-electron chi connectivity index (χ0n) is 14.7. The van der Waals surface area contributed by atoms with E-state index in [9.17, 15) is 4.79 Å². The largest absolute Gasteiger partial charge is 0.496 e. The quantitative estimate of drug-likeness (QED) is 0.720. The first-order valence-corrected chi connectivity index (χ1v) is 8.49. The Bertz CT molecular complexity index is 951. The lowest BCUT2D eigenvalue weighted by atomic mass is 10.1. The molecule has 4 rings (SSSR count). The van der Waals surface area contributed by atoms with E-state index in [2.05, 4.69) is 10.1 Å². The summed E-state index contributed by atoms with van der Waals surface area (Å²) in [6.45, 7) is 2.56. The highest BCUT2D eigenvalue weighted by atomic mass is 16.5. The molecule has 0 N–H and O–H groups in total. The van der Waals surface area contributed by atoms with Crippen LogP contribution in [0.15, 0.2) is 53.1 Å². The lowest BCUT2D eigenvalue weighted by Gasteiger charge is -2.16. The third-order valence-electron chi connectivity index (χ3n) is 4.58. The van der Waals surface area contributed by atoms with Gasteiger partial charge in [0.25, 0.3) is 5.89 Å². The van der Waals surface area contributed by atoms with Crippen molar-refractivity contribution in [3.63, 3.8) is 0 Å². The van der Waals surface area contributed by atoms with Gasteiger partial charge in [0, 0.05) is 24.6 Å². The number of aromatic nitrogens is 2. The molecule has 0 aliphatic carbocycles. The van der Waals surface area contributed by atoms with E-state index in [4.69, 9.17) is 9.26 Å². The SMILES string of the molecule is COc1ccccc1-c1nc(C2CC(=O)N(c3cccc(C)c3)C2)no1. The van der Waals surface area contributed by atoms with Crippen LogP contribution in [0.2, 0.25) is 0 Å². The number of carbonyl (C=O) groups is 1. The minimum absolute atomic E-state index is 0.0734. The lowest BCUT2D eigenvalue weighted by Crippen LogP contribution is -2.24. The fourth-order valence-corrected chi connectivity index (χ4v) is 3.26. The number of aryl methyl sites for hydroxylation is 1. The van der Waals surface area contributed by atoms with Crippen LogP contribution in [0.4, 0.5) is 5.69 Å². The van der Waals surface area contributed by atoms with E-state index in [1.807, 2.05) is 55.5 Å². The number of rotatable bonds is 4. The van der Waals surface area contributed by atoms with Gasteiger partial charge in [-0.15, -0.1) is 0 Å². The van der Waals surface area contributed by atoms with Crippen LogP contribution in [0.3, 0.4) is 0 Å². The minimum Gasteiger partial charge on any atom is -0.496 e. The van der Waals surface area contributed by atoms with Crippen LogP contribution in [-0.2, 0) is 4.79 Å². The van der Waals surface area contributed by atoms with Crippen LogP contribution in [0.5, 0.6) is 5.75 Å². The molecule has 132 valence electrons. The van der Waals surface area contributed by atoms with E-state index in [1.165, 1.54) is 0 Å². The van der Waals surface area contributed by atoms with E-state index in [-0.39, 0.29) is 11.8 Å². The molecule has 1 fully saturated rings. The normalized spacial score (nSPS) is 16.9. The highest BCUT2D eigenvalue weighted by molar-refractivity contribution is 5.96. The van der Waals surface area contributed by atoms with Crippen molar-refractivity contribution in [3.05, 3.63) is 59.9 Å². The summed E-state index contributed by atoms with van der Waals surface area (Å²) in [6, 6.07) is 15.4. The highest BCUT2D eigenvalue weighted by Crippen LogP contribution is 2.33. The van der Waals surface area contributed by atoms with Crippen molar-refractivity contribution in [1.29, 1.82) is 0 Å². The standard InChI is InChI=1S/C20H19N3O3/c1-13-6-5-7-15(10-13)23-12-14(11-18(23)24)19-21-20(26-22-19)16-8-3-4-9-17(16)25-2/h3-10,14H,11-12H2,1-2H3. The third kappa shape index (κ3) is 2.94. The Labute approximate surface area is 151 Å². The van der Waals surface area contributed by atoms with Crippen molar-refractivity contribution in [2.24, 2.45) is 0 Å². The number of benzene rings is 2. The molecule has 2 aromatic carbocycles. The van der Waals surface area contributed by atoms with Gasteiger partial charge in [-0.2, -0.15) is 4.98 Å². The van der Waals surface area contributed by atoms with Gasteiger partial charge in [-0.3, -0.25) is 4.79 Å². The summed E-state index contributed by atoms with van der Waals surface area (Å²) in [7, 11) is 1.60. The van der Waals surface area contributed by atoms with Gasteiger partial charge in [0.15, 0.2) is 5.82 Å². The average molecular weight is 349 g/mol. The number of hydrogen-bond acceptors (Lipinski definition) is 5. The van der Waals surface area contributed by atoms with Crippen molar-refractivity contribution < 1.29 is 14.1 Å². The number of para-hydroxylation sites is 1. The second kappa shape index (κ2) is 6.63. The Balaban J connectivity index is 1.58. The maximum atomic E-state index is 12.5. The Hall–Kier alpha value is -3.15. The van der Waals surface area contributed by atoms with Gasteiger partial charge < -0.3 is 14.2 Å². The molecule has 0 saturated carbocycles. The number of amides is 1. The van der Waals surface area contributed by atoms with Crippen molar-refractivity contribution in [3.8, 4) is 17.2 Å². The average Bonchev–Trinajstić information content (AvgIpc) is 3.28. The molecule has 3 aromatic rings. The van der Waals surface area contributed by atoms with Crippen LogP contribution < -0.4 is 9.64 Å². The molecular formula is C20H19N3O3. The summed E-state index contributed by atoms with van der Waals surface area (Å²) in [6.07, 6.45) is 0.374. The Morgan fingerprint density at radius 1 is 1.19 bits per heavy atom. The molecular weight excluding hydrogens is 330 g/mol. The van der Waals surface area contributed by atoms with E-state index in [0.717, 1.165) is 16.8 Å². The maximum absolute atomic E-state index is 12.5. The first kappa shape index (κ1) is 16.3. The van der Waals surface area contributed by atoms with Gasteiger partial charge in [0.05, 0.1) is 12.7 Å². The van der Waals surface area contributed by atoms with Crippen molar-refractivity contribution in [1.82, 2.24) is 10.1 Å². The molecule has 0 bridgehead atoms. The predicted octanol–water partition coefficient (Wildman–Crippen LogP) is 3.57. The zero-order valence-corrected chi connectivity index (χ0v) is 14.7. The van der Waals surface area contributed by atoms with Crippen LogP contribution in [0.25, 0.3) is 11.5 Å². The summed E-state index contributed by atoms with van der Waals surface area (Å²) < 4.78 is 10.8. The van der Waals surface area contributed by atoms with Crippen molar-refractivity contribution in [2.45, 2.75) is 19.3 Å². The first-order chi connectivity index (χ1) is 12.7. The molecule has 1 saturated heterocycles. The fourth-order valence-electron chi connectivity index (χ4n) is 3.26. The van der Waals surface area contributed by atoms with Crippen LogP contribution >= 0.6 is 0 Å². The van der Waals surface area contributed by atoms with E-state index < -0.39 is 0 Å². The second-order valence-electron chi connectivity index (χ2n) is 6.40. The number of anilines is 1. The first-order valence-electron chi connectivity index (χ1n) is 8.49. The van der Waals surface area contributed by atoms with Gasteiger partial charge in [0.1, 0.15) is 5.75 Å². The second-order valence-corrected chi connectivity index (χ2v) is 6.40. The van der Waals surface area contributed by atoms with Gasteiger partial charge in [-0.05, 0) is 36.8 Å². The molecule has 1 aromatic heterocycles. The summed E-state index contributed by atoms with van der Waals surface area (Å²) in [4.78, 5) is 18.8. The minimum atomic E-state index is -0.0878. The molecule has 6 nitrogen and oxygen atoms in total. The van der Waals surface area contributed by atoms with E-state index in [0.29, 0.717) is 30.4 Å². The maximum Gasteiger partial charge on any atom is 0.261 e. The molecule has 1 aliphatic heterocycles. The fraction of sp³-hybridized carbons (Fsp3) is 0.250. The predicted molar refractivity (Wildman–Crippen MR) is 97.2 cm³/mol. The Morgan fingerprint density at radius 2 is 2.04 bits per heavy atom. The molecule has 1 atom stereocenters. The molecule has 6 heteroatoms. The molecule has 1 unspecified atom stereocenters. The zero-order chi connectivity index (χ0) is 18.1. The van der Waals surface area contributed by atoms with E-state index >= 15 is 0 Å². The highest BCUT2D eigenvalue weighted by Gasteiger charge is 2.34. The van der Waals surface area contributed by atoms with Gasteiger partial charge >= 0.3 is 0 Å².